The van der Waals surface area contributed by atoms with Gasteiger partial charge in [0.1, 0.15) is 5.71 Å². The summed E-state index contributed by atoms with van der Waals surface area (Å²) >= 11 is 0. The van der Waals surface area contributed by atoms with Gasteiger partial charge in [0, 0.05) is 0 Å². The molecule has 0 saturated heterocycles. The molecule has 0 saturated carbocycles. The maximum atomic E-state index is 10.3. The van der Waals surface area contributed by atoms with E-state index in [1.54, 1.807) is 12.1 Å². The van der Waals surface area contributed by atoms with Gasteiger partial charge in [0.25, 0.3) is 0 Å². The number of hydrogen-bond acceptors (Lipinski definition) is 3. The van der Waals surface area contributed by atoms with Crippen LogP contribution in [-0.4, -0.2) is 16.8 Å². The number of rotatable bonds is 3. The zero-order valence-electron chi connectivity index (χ0n) is 7.19. The number of nitrogens with one attached hydrogen (secondary N) is 1. The number of carboxylic acids is 1. The van der Waals surface area contributed by atoms with Crippen molar-refractivity contribution in [1.82, 2.24) is 0 Å². The van der Waals surface area contributed by atoms with Crippen LogP contribution in [0.1, 0.15) is 6.92 Å². The molecular weight excluding hydrogens is 168 g/mol. The first-order valence-electron chi connectivity index (χ1n) is 3.79. The summed E-state index contributed by atoms with van der Waals surface area (Å²) < 4.78 is 0. The number of anilines is 1. The second kappa shape index (κ2) is 4.25. The van der Waals surface area contributed by atoms with Crippen molar-refractivity contribution < 1.29 is 9.90 Å². The van der Waals surface area contributed by atoms with Crippen molar-refractivity contribution in [2.75, 3.05) is 5.43 Å². The number of aliphatic carboxylic acids is 1. The Morgan fingerprint density at radius 3 is 2.54 bits per heavy atom. The van der Waals surface area contributed by atoms with E-state index in [2.05, 4.69) is 10.5 Å². The SMILES string of the molecule is CC(=NNc1ccccc1)C(=O)O. The third-order valence-corrected chi connectivity index (χ3v) is 1.44. The van der Waals surface area contributed by atoms with Gasteiger partial charge in [-0.25, -0.2) is 4.79 Å². The largest absolute Gasteiger partial charge is 0.477 e. The number of carbonyl (C=O) groups is 1. The molecule has 1 aromatic rings. The highest BCUT2D eigenvalue weighted by Crippen LogP contribution is 2.04. The average molecular weight is 178 g/mol. The van der Waals surface area contributed by atoms with E-state index in [0.717, 1.165) is 5.69 Å². The van der Waals surface area contributed by atoms with E-state index in [0.29, 0.717) is 0 Å². The molecule has 4 nitrogen and oxygen atoms in total. The zero-order valence-corrected chi connectivity index (χ0v) is 7.19. The maximum absolute atomic E-state index is 10.3. The van der Waals surface area contributed by atoms with Crippen molar-refractivity contribution in [1.29, 1.82) is 0 Å². The molecule has 0 atom stereocenters. The summed E-state index contributed by atoms with van der Waals surface area (Å²) in [7, 11) is 0. The van der Waals surface area contributed by atoms with Gasteiger partial charge >= 0.3 is 5.97 Å². The average Bonchev–Trinajstić information content (AvgIpc) is 2.15. The van der Waals surface area contributed by atoms with Crippen LogP contribution in [0.25, 0.3) is 0 Å². The van der Waals surface area contributed by atoms with Crippen LogP contribution in [0, 0.1) is 0 Å². The van der Waals surface area contributed by atoms with Crippen LogP contribution in [-0.2, 0) is 4.79 Å². The highest BCUT2D eigenvalue weighted by Gasteiger charge is 1.99. The molecule has 0 heterocycles. The molecule has 0 aromatic heterocycles. The van der Waals surface area contributed by atoms with Gasteiger partial charge in [-0.15, -0.1) is 0 Å². The molecule has 1 rings (SSSR count). The lowest BCUT2D eigenvalue weighted by atomic mass is 10.3. The Kier molecular flexibility index (Phi) is 3.03. The Morgan fingerprint density at radius 1 is 1.38 bits per heavy atom. The molecule has 1 aromatic carbocycles. The first-order valence-corrected chi connectivity index (χ1v) is 3.79. The molecule has 2 N–H and O–H groups in total. The molecule has 0 amide bonds. The fourth-order valence-corrected chi connectivity index (χ4v) is 0.709. The number of hydrogen-bond donors (Lipinski definition) is 2. The summed E-state index contributed by atoms with van der Waals surface area (Å²) in [4.78, 5) is 10.3. The first kappa shape index (κ1) is 9.25. The molecule has 0 spiro atoms. The molecule has 0 fully saturated rings. The van der Waals surface area contributed by atoms with Crippen molar-refractivity contribution in [2.24, 2.45) is 5.10 Å². The standard InChI is InChI=1S/C9H10N2O2/c1-7(9(12)13)10-11-8-5-3-2-4-6-8/h2-6,11H,1H3,(H,12,13). The van der Waals surface area contributed by atoms with E-state index in [-0.39, 0.29) is 5.71 Å². The molecule has 68 valence electrons. The van der Waals surface area contributed by atoms with Gasteiger partial charge < -0.3 is 5.11 Å². The fourth-order valence-electron chi connectivity index (χ4n) is 0.709. The van der Waals surface area contributed by atoms with Crippen LogP contribution in [0.3, 0.4) is 0 Å². The van der Waals surface area contributed by atoms with Gasteiger partial charge in [-0.1, -0.05) is 18.2 Å². The summed E-state index contributed by atoms with van der Waals surface area (Å²) in [5, 5.41) is 12.2. The second-order valence-corrected chi connectivity index (χ2v) is 2.48. The minimum atomic E-state index is -1.02. The molecule has 0 aliphatic carbocycles. The van der Waals surface area contributed by atoms with Crippen molar-refractivity contribution >= 4 is 17.4 Å². The quantitative estimate of drug-likeness (QED) is 0.545. The smallest absolute Gasteiger partial charge is 0.351 e. The minimum absolute atomic E-state index is 0.0313. The highest BCUT2D eigenvalue weighted by molar-refractivity contribution is 6.34. The van der Waals surface area contributed by atoms with E-state index in [9.17, 15) is 4.79 Å². The Balaban J connectivity index is 2.62. The molecule has 0 bridgehead atoms. The van der Waals surface area contributed by atoms with E-state index >= 15 is 0 Å². The molecular formula is C9H10N2O2. The van der Waals surface area contributed by atoms with Gasteiger partial charge in [0.05, 0.1) is 5.69 Å². The van der Waals surface area contributed by atoms with E-state index in [1.165, 1.54) is 6.92 Å². The van der Waals surface area contributed by atoms with Crippen molar-refractivity contribution in [2.45, 2.75) is 6.92 Å². The van der Waals surface area contributed by atoms with Crippen LogP contribution < -0.4 is 5.43 Å². The van der Waals surface area contributed by atoms with Crippen LogP contribution in [0.4, 0.5) is 5.69 Å². The van der Waals surface area contributed by atoms with Gasteiger partial charge in [-0.3, -0.25) is 5.43 Å². The fraction of sp³-hybridized carbons (Fsp3) is 0.111. The predicted octanol–water partition coefficient (Wildman–Crippen LogP) is 1.56. The number of nitrogens with zero attached hydrogens (tertiary/aromatic N) is 1. The molecule has 0 radical (unpaired) electrons. The van der Waals surface area contributed by atoms with Gasteiger partial charge in [0.15, 0.2) is 0 Å². The molecule has 0 unspecified atom stereocenters. The predicted molar refractivity (Wildman–Crippen MR) is 50.8 cm³/mol. The molecule has 0 aliphatic heterocycles. The van der Waals surface area contributed by atoms with Crippen LogP contribution >= 0.6 is 0 Å². The van der Waals surface area contributed by atoms with Crippen molar-refractivity contribution in [3.8, 4) is 0 Å². The topological polar surface area (TPSA) is 61.7 Å². The van der Waals surface area contributed by atoms with E-state index in [4.69, 9.17) is 5.11 Å². The zero-order chi connectivity index (χ0) is 9.68. The van der Waals surface area contributed by atoms with E-state index < -0.39 is 5.97 Å². The summed E-state index contributed by atoms with van der Waals surface area (Å²) in [6.45, 7) is 1.43. The van der Waals surface area contributed by atoms with Crippen LogP contribution in [0.2, 0.25) is 0 Å². The lowest BCUT2D eigenvalue weighted by molar-refractivity contribution is -0.129. The summed E-state index contributed by atoms with van der Waals surface area (Å²) in [5.74, 6) is -1.02. The Bertz CT molecular complexity index is 320. The summed E-state index contributed by atoms with van der Waals surface area (Å²) in [6, 6.07) is 9.16. The number of benzene rings is 1. The van der Waals surface area contributed by atoms with Crippen LogP contribution in [0.5, 0.6) is 0 Å². The Morgan fingerprint density at radius 2 is 2.00 bits per heavy atom. The van der Waals surface area contributed by atoms with Crippen molar-refractivity contribution in [3.05, 3.63) is 30.3 Å². The second-order valence-electron chi connectivity index (χ2n) is 2.48. The van der Waals surface area contributed by atoms with Gasteiger partial charge in [-0.2, -0.15) is 5.10 Å². The normalized spacial score (nSPS) is 11.0. The highest BCUT2D eigenvalue weighted by atomic mass is 16.4. The Hall–Kier alpha value is -1.84. The third-order valence-electron chi connectivity index (χ3n) is 1.44. The molecule has 0 aliphatic rings. The van der Waals surface area contributed by atoms with Gasteiger partial charge in [-0.05, 0) is 19.1 Å². The van der Waals surface area contributed by atoms with Crippen molar-refractivity contribution in [3.63, 3.8) is 0 Å². The van der Waals surface area contributed by atoms with Gasteiger partial charge in [0.2, 0.25) is 0 Å². The summed E-state index contributed by atoms with van der Waals surface area (Å²) in [5.41, 5.74) is 3.43. The third kappa shape index (κ3) is 2.94. The summed E-state index contributed by atoms with van der Waals surface area (Å²) in [6.07, 6.45) is 0. The number of hydrazone groups is 1. The first-order chi connectivity index (χ1) is 6.20. The monoisotopic (exact) mass is 178 g/mol. The maximum Gasteiger partial charge on any atom is 0.351 e. The minimum Gasteiger partial charge on any atom is -0.477 e. The van der Waals surface area contributed by atoms with E-state index in [1.807, 2.05) is 18.2 Å². The molecule has 13 heavy (non-hydrogen) atoms. The number of para-hydroxylation sites is 1. The number of carboxylic acid groups (broad SMARTS) is 1. The van der Waals surface area contributed by atoms with Crippen LogP contribution in [0.15, 0.2) is 35.4 Å². The molecule has 4 heteroatoms. The Labute approximate surface area is 75.9 Å². The lowest BCUT2D eigenvalue weighted by Crippen LogP contribution is -2.10. The lowest BCUT2D eigenvalue weighted by Gasteiger charge is -1.98.